The van der Waals surface area contributed by atoms with Gasteiger partial charge in [-0.1, -0.05) is 43.7 Å². The van der Waals surface area contributed by atoms with Crippen LogP contribution in [0.4, 0.5) is 5.69 Å². The van der Waals surface area contributed by atoms with Gasteiger partial charge < -0.3 is 5.73 Å². The van der Waals surface area contributed by atoms with E-state index in [1.54, 1.807) is 6.08 Å². The van der Waals surface area contributed by atoms with E-state index in [0.717, 1.165) is 34.5 Å². The number of carbonyl (C=O) groups excluding carboxylic acids is 1. The molecule has 1 heterocycles. The van der Waals surface area contributed by atoms with E-state index in [-0.39, 0.29) is 22.7 Å². The molecule has 0 bridgehead atoms. The molecule has 1 aromatic rings. The number of allylic oxidation sites excluding steroid dienone is 4. The quantitative estimate of drug-likeness (QED) is 0.824. The lowest BCUT2D eigenvalue weighted by Crippen LogP contribution is -2.34. The van der Waals surface area contributed by atoms with Crippen molar-refractivity contribution in [3.63, 3.8) is 0 Å². The van der Waals surface area contributed by atoms with Crippen LogP contribution in [0.5, 0.6) is 0 Å². The van der Waals surface area contributed by atoms with Gasteiger partial charge in [-0.05, 0) is 50.8 Å². The zero-order valence-electron chi connectivity index (χ0n) is 15.2. The molecule has 2 aliphatic rings. The van der Waals surface area contributed by atoms with Crippen LogP contribution in [-0.4, -0.2) is 17.0 Å². The second-order valence-electron chi connectivity index (χ2n) is 7.95. The first kappa shape index (κ1) is 16.7. The standard InChI is InChI=1S/C21H26N2O/c1-13(2)16-11-21(14(3)10-18(16)24)12-20(4,5)23-19(21)15-8-6-7-9-17(15)22/h6-11,13H,12,22H2,1-5H3. The minimum absolute atomic E-state index is 0.123. The molecule has 0 amide bonds. The highest BCUT2D eigenvalue weighted by molar-refractivity contribution is 6.16. The molecule has 0 saturated carbocycles. The van der Waals surface area contributed by atoms with Crippen molar-refractivity contribution in [1.29, 1.82) is 0 Å². The number of nitrogen functional groups attached to an aromatic ring is 1. The van der Waals surface area contributed by atoms with Gasteiger partial charge in [0.15, 0.2) is 5.78 Å². The number of carbonyl (C=O) groups is 1. The number of hydrogen-bond donors (Lipinski definition) is 1. The molecule has 3 nitrogen and oxygen atoms in total. The van der Waals surface area contributed by atoms with E-state index < -0.39 is 0 Å². The second-order valence-corrected chi connectivity index (χ2v) is 7.95. The van der Waals surface area contributed by atoms with Crippen LogP contribution in [0.2, 0.25) is 0 Å². The monoisotopic (exact) mass is 322 g/mol. The van der Waals surface area contributed by atoms with Crippen LogP contribution in [0.25, 0.3) is 0 Å². The molecule has 1 atom stereocenters. The Balaban J connectivity index is 2.25. The predicted octanol–water partition coefficient (Wildman–Crippen LogP) is 4.34. The molecule has 1 spiro atoms. The van der Waals surface area contributed by atoms with Crippen molar-refractivity contribution in [2.24, 2.45) is 16.3 Å². The van der Waals surface area contributed by atoms with Crippen LogP contribution in [0, 0.1) is 11.3 Å². The second kappa shape index (κ2) is 5.44. The van der Waals surface area contributed by atoms with Crippen molar-refractivity contribution in [2.75, 3.05) is 5.73 Å². The first-order valence-corrected chi connectivity index (χ1v) is 8.57. The van der Waals surface area contributed by atoms with E-state index in [4.69, 9.17) is 10.7 Å². The third-order valence-electron chi connectivity index (χ3n) is 5.12. The minimum Gasteiger partial charge on any atom is -0.398 e. The molecule has 3 rings (SSSR count). The zero-order chi connectivity index (χ0) is 17.7. The lowest BCUT2D eigenvalue weighted by molar-refractivity contribution is -0.112. The van der Waals surface area contributed by atoms with Crippen LogP contribution < -0.4 is 5.73 Å². The maximum Gasteiger partial charge on any atom is 0.181 e. The fourth-order valence-corrected chi connectivity index (χ4v) is 3.98. The molecule has 2 N–H and O–H groups in total. The molecule has 24 heavy (non-hydrogen) atoms. The minimum atomic E-state index is -0.341. The normalized spacial score (nSPS) is 25.8. The predicted molar refractivity (Wildman–Crippen MR) is 100 cm³/mol. The van der Waals surface area contributed by atoms with Gasteiger partial charge in [0.2, 0.25) is 0 Å². The smallest absolute Gasteiger partial charge is 0.181 e. The molecule has 0 radical (unpaired) electrons. The topological polar surface area (TPSA) is 55.5 Å². The van der Waals surface area contributed by atoms with E-state index in [1.807, 2.05) is 31.2 Å². The maximum absolute atomic E-state index is 12.4. The number of nitrogens with two attached hydrogens (primary N) is 1. The SMILES string of the molecule is CC1=CC(=O)C(C(C)C)=CC12CC(C)(C)N=C2c1ccccc1N. The molecule has 0 saturated heterocycles. The third-order valence-corrected chi connectivity index (χ3v) is 5.12. The summed E-state index contributed by atoms with van der Waals surface area (Å²) in [6.07, 6.45) is 4.82. The number of aliphatic imine (C=N–C) groups is 1. The number of rotatable bonds is 2. The number of hydrogen-bond acceptors (Lipinski definition) is 3. The fourth-order valence-electron chi connectivity index (χ4n) is 3.98. The number of anilines is 1. The van der Waals surface area contributed by atoms with Crippen LogP contribution in [0.3, 0.4) is 0 Å². The Morgan fingerprint density at radius 2 is 1.88 bits per heavy atom. The molecule has 1 aliphatic carbocycles. The number of ketones is 1. The summed E-state index contributed by atoms with van der Waals surface area (Å²) >= 11 is 0. The van der Waals surface area contributed by atoms with Gasteiger partial charge in [-0.2, -0.15) is 0 Å². The van der Waals surface area contributed by atoms with Crippen LogP contribution >= 0.6 is 0 Å². The Labute approximate surface area is 144 Å². The fraction of sp³-hybridized carbons (Fsp3) is 0.429. The molecule has 1 unspecified atom stereocenters. The lowest BCUT2D eigenvalue weighted by Gasteiger charge is -2.35. The molecule has 126 valence electrons. The Morgan fingerprint density at radius 3 is 2.50 bits per heavy atom. The van der Waals surface area contributed by atoms with E-state index in [9.17, 15) is 4.79 Å². The average Bonchev–Trinajstić information content (AvgIpc) is 2.75. The first-order chi connectivity index (χ1) is 11.2. The van der Waals surface area contributed by atoms with Gasteiger partial charge in [0.1, 0.15) is 0 Å². The Morgan fingerprint density at radius 1 is 1.21 bits per heavy atom. The number of benzene rings is 1. The van der Waals surface area contributed by atoms with Crippen molar-refractivity contribution < 1.29 is 4.79 Å². The van der Waals surface area contributed by atoms with Crippen LogP contribution in [0.1, 0.15) is 46.6 Å². The molecule has 0 aromatic heterocycles. The Bertz CT molecular complexity index is 796. The molecule has 1 aliphatic heterocycles. The third kappa shape index (κ3) is 2.52. The highest BCUT2D eigenvalue weighted by atomic mass is 16.1. The van der Waals surface area contributed by atoms with E-state index >= 15 is 0 Å². The first-order valence-electron chi connectivity index (χ1n) is 8.57. The molecule has 3 heteroatoms. The van der Waals surface area contributed by atoms with E-state index in [2.05, 4.69) is 33.8 Å². The summed E-state index contributed by atoms with van der Waals surface area (Å²) in [4.78, 5) is 17.5. The van der Waals surface area contributed by atoms with E-state index in [0.29, 0.717) is 0 Å². The number of para-hydroxylation sites is 1. The van der Waals surface area contributed by atoms with Gasteiger partial charge in [-0.15, -0.1) is 0 Å². The van der Waals surface area contributed by atoms with Crippen LogP contribution in [0.15, 0.2) is 52.6 Å². The van der Waals surface area contributed by atoms with Crippen molar-refractivity contribution in [2.45, 2.75) is 46.6 Å². The maximum atomic E-state index is 12.4. The highest BCUT2D eigenvalue weighted by Crippen LogP contribution is 2.51. The van der Waals surface area contributed by atoms with E-state index in [1.165, 1.54) is 0 Å². The van der Waals surface area contributed by atoms with Crippen molar-refractivity contribution in [3.8, 4) is 0 Å². The largest absolute Gasteiger partial charge is 0.398 e. The van der Waals surface area contributed by atoms with Gasteiger partial charge in [0.25, 0.3) is 0 Å². The van der Waals surface area contributed by atoms with Gasteiger partial charge in [0, 0.05) is 11.3 Å². The Hall–Kier alpha value is -2.16. The van der Waals surface area contributed by atoms with Crippen molar-refractivity contribution in [3.05, 3.63) is 53.1 Å². The van der Waals surface area contributed by atoms with Gasteiger partial charge in [-0.3, -0.25) is 9.79 Å². The summed E-state index contributed by atoms with van der Waals surface area (Å²) in [7, 11) is 0. The Kier molecular flexibility index (Phi) is 3.78. The summed E-state index contributed by atoms with van der Waals surface area (Å²) < 4.78 is 0. The summed E-state index contributed by atoms with van der Waals surface area (Å²) in [5.41, 5.74) is 10.4. The van der Waals surface area contributed by atoms with Gasteiger partial charge in [-0.25, -0.2) is 0 Å². The number of nitrogens with zero attached hydrogens (tertiary/aromatic N) is 1. The highest BCUT2D eigenvalue weighted by Gasteiger charge is 2.49. The summed E-state index contributed by atoms with van der Waals surface area (Å²) in [5.74, 6) is 0.315. The molecular weight excluding hydrogens is 296 g/mol. The lowest BCUT2D eigenvalue weighted by atomic mass is 9.66. The molecule has 0 fully saturated rings. The molecule has 1 aromatic carbocycles. The summed E-state index contributed by atoms with van der Waals surface area (Å²) in [6, 6.07) is 7.88. The average molecular weight is 322 g/mol. The van der Waals surface area contributed by atoms with Crippen molar-refractivity contribution >= 4 is 17.2 Å². The zero-order valence-corrected chi connectivity index (χ0v) is 15.2. The summed E-state index contributed by atoms with van der Waals surface area (Å²) in [5, 5.41) is 0. The van der Waals surface area contributed by atoms with Crippen LogP contribution in [-0.2, 0) is 4.79 Å². The van der Waals surface area contributed by atoms with Gasteiger partial charge >= 0.3 is 0 Å². The summed E-state index contributed by atoms with van der Waals surface area (Å²) in [6.45, 7) is 10.5. The van der Waals surface area contributed by atoms with Gasteiger partial charge in [0.05, 0.1) is 16.7 Å². The van der Waals surface area contributed by atoms with Crippen molar-refractivity contribution in [1.82, 2.24) is 0 Å². The molecular formula is C21H26N2O.